The smallest absolute Gasteiger partial charge is 0.104 e. The van der Waals surface area contributed by atoms with E-state index in [-0.39, 0.29) is 6.61 Å². The van der Waals surface area contributed by atoms with Crippen molar-refractivity contribution in [1.82, 2.24) is 4.90 Å². The Morgan fingerprint density at radius 3 is 2.83 bits per heavy atom. The molecule has 1 aliphatic rings. The Morgan fingerprint density at radius 2 is 2.17 bits per heavy atom. The highest BCUT2D eigenvalue weighted by atomic mass is 16.3. The average molecular weight is 244 g/mol. The van der Waals surface area contributed by atoms with Crippen molar-refractivity contribution in [1.29, 1.82) is 0 Å². The summed E-state index contributed by atoms with van der Waals surface area (Å²) in [5.74, 6) is 1.09. The molecule has 3 heteroatoms. The number of aliphatic imine (C=N–C) groups is 1. The lowest BCUT2D eigenvalue weighted by atomic mass is 10.1. The summed E-state index contributed by atoms with van der Waals surface area (Å²) < 4.78 is 0. The highest BCUT2D eigenvalue weighted by Crippen LogP contribution is 2.15. The van der Waals surface area contributed by atoms with Crippen molar-refractivity contribution >= 4 is 5.84 Å². The van der Waals surface area contributed by atoms with Gasteiger partial charge in [-0.2, -0.15) is 0 Å². The van der Waals surface area contributed by atoms with Crippen LogP contribution in [0.3, 0.4) is 0 Å². The summed E-state index contributed by atoms with van der Waals surface area (Å²) in [4.78, 5) is 6.92. The SMILES string of the molecule is C=CCC1CN(CCO)C(Cc2ccccc2)=N1. The largest absolute Gasteiger partial charge is 0.395 e. The maximum Gasteiger partial charge on any atom is 0.104 e. The van der Waals surface area contributed by atoms with Gasteiger partial charge in [0.15, 0.2) is 0 Å². The molecule has 1 aromatic carbocycles. The molecule has 0 aromatic heterocycles. The lowest BCUT2D eigenvalue weighted by Gasteiger charge is -2.19. The summed E-state index contributed by atoms with van der Waals surface area (Å²) in [6.07, 6.45) is 3.66. The number of β-amino-alcohol motifs (C(OH)–C–C–N with tert-alkyl or cyclic N) is 1. The van der Waals surface area contributed by atoms with Crippen LogP contribution in [0.2, 0.25) is 0 Å². The normalized spacial score (nSPS) is 18.8. The predicted molar refractivity (Wildman–Crippen MR) is 74.8 cm³/mol. The molecule has 0 saturated heterocycles. The van der Waals surface area contributed by atoms with E-state index in [1.807, 2.05) is 24.3 Å². The van der Waals surface area contributed by atoms with E-state index in [1.54, 1.807) is 0 Å². The molecule has 0 amide bonds. The summed E-state index contributed by atoms with van der Waals surface area (Å²) in [5, 5.41) is 9.11. The van der Waals surface area contributed by atoms with Crippen molar-refractivity contribution in [2.75, 3.05) is 19.7 Å². The van der Waals surface area contributed by atoms with Crippen molar-refractivity contribution in [3.8, 4) is 0 Å². The highest BCUT2D eigenvalue weighted by Gasteiger charge is 2.23. The topological polar surface area (TPSA) is 35.8 Å². The summed E-state index contributed by atoms with van der Waals surface area (Å²) in [5.41, 5.74) is 1.26. The minimum atomic E-state index is 0.175. The van der Waals surface area contributed by atoms with Gasteiger partial charge in [-0.05, 0) is 12.0 Å². The maximum atomic E-state index is 9.11. The number of amidine groups is 1. The second-order valence-corrected chi connectivity index (χ2v) is 4.56. The van der Waals surface area contributed by atoms with Gasteiger partial charge in [0.05, 0.1) is 12.6 Å². The third-order valence-corrected chi connectivity index (χ3v) is 3.14. The van der Waals surface area contributed by atoms with Crippen LogP contribution in [0.25, 0.3) is 0 Å². The Labute approximate surface area is 108 Å². The Balaban J connectivity index is 2.06. The van der Waals surface area contributed by atoms with E-state index in [2.05, 4.69) is 23.6 Å². The van der Waals surface area contributed by atoms with Gasteiger partial charge < -0.3 is 10.0 Å². The zero-order chi connectivity index (χ0) is 12.8. The van der Waals surface area contributed by atoms with Gasteiger partial charge in [-0.1, -0.05) is 36.4 Å². The third kappa shape index (κ3) is 3.20. The first kappa shape index (κ1) is 12.8. The molecule has 2 rings (SSSR count). The van der Waals surface area contributed by atoms with Gasteiger partial charge in [0.2, 0.25) is 0 Å². The van der Waals surface area contributed by atoms with E-state index in [4.69, 9.17) is 10.1 Å². The van der Waals surface area contributed by atoms with Crippen LogP contribution < -0.4 is 0 Å². The molecule has 0 bridgehead atoms. The van der Waals surface area contributed by atoms with Gasteiger partial charge in [-0.15, -0.1) is 6.58 Å². The van der Waals surface area contributed by atoms with Gasteiger partial charge in [0.25, 0.3) is 0 Å². The van der Waals surface area contributed by atoms with Gasteiger partial charge in [0, 0.05) is 19.5 Å². The molecule has 1 heterocycles. The summed E-state index contributed by atoms with van der Waals surface area (Å²) in [6, 6.07) is 10.6. The van der Waals surface area contributed by atoms with Crippen LogP contribution in [0.1, 0.15) is 12.0 Å². The molecule has 96 valence electrons. The fraction of sp³-hybridized carbons (Fsp3) is 0.400. The molecule has 1 unspecified atom stereocenters. The monoisotopic (exact) mass is 244 g/mol. The summed E-state index contributed by atoms with van der Waals surface area (Å²) in [7, 11) is 0. The summed E-state index contributed by atoms with van der Waals surface area (Å²) in [6.45, 7) is 5.51. The van der Waals surface area contributed by atoms with E-state index in [0.29, 0.717) is 12.6 Å². The maximum absolute atomic E-state index is 9.11. The number of hydrogen-bond acceptors (Lipinski definition) is 3. The van der Waals surface area contributed by atoms with Gasteiger partial charge in [0.1, 0.15) is 5.84 Å². The fourth-order valence-electron chi connectivity index (χ4n) is 2.29. The molecule has 1 aromatic rings. The molecular weight excluding hydrogens is 224 g/mol. The first-order valence-electron chi connectivity index (χ1n) is 6.40. The molecule has 0 aliphatic carbocycles. The van der Waals surface area contributed by atoms with E-state index >= 15 is 0 Å². The quantitative estimate of drug-likeness (QED) is 0.776. The highest BCUT2D eigenvalue weighted by molar-refractivity contribution is 5.86. The van der Waals surface area contributed by atoms with Crippen molar-refractivity contribution < 1.29 is 5.11 Å². The number of aliphatic hydroxyl groups is 1. The van der Waals surface area contributed by atoms with Crippen molar-refractivity contribution in [2.45, 2.75) is 18.9 Å². The second kappa shape index (κ2) is 6.36. The number of rotatable bonds is 6. The van der Waals surface area contributed by atoms with Crippen LogP contribution in [0.15, 0.2) is 48.0 Å². The van der Waals surface area contributed by atoms with Crippen molar-refractivity contribution in [3.63, 3.8) is 0 Å². The lowest BCUT2D eigenvalue weighted by molar-refractivity contribution is 0.251. The van der Waals surface area contributed by atoms with Crippen LogP contribution in [0, 0.1) is 0 Å². The first-order valence-corrected chi connectivity index (χ1v) is 6.40. The summed E-state index contributed by atoms with van der Waals surface area (Å²) >= 11 is 0. The molecule has 1 atom stereocenters. The van der Waals surface area contributed by atoms with Gasteiger partial charge in [-0.25, -0.2) is 0 Å². The molecule has 0 fully saturated rings. The molecule has 0 spiro atoms. The zero-order valence-corrected chi connectivity index (χ0v) is 10.6. The minimum absolute atomic E-state index is 0.175. The zero-order valence-electron chi connectivity index (χ0n) is 10.6. The average Bonchev–Trinajstić information content (AvgIpc) is 2.74. The van der Waals surface area contributed by atoms with Gasteiger partial charge >= 0.3 is 0 Å². The lowest BCUT2D eigenvalue weighted by Crippen LogP contribution is -2.33. The molecule has 3 nitrogen and oxygen atoms in total. The molecule has 0 radical (unpaired) electrons. The number of aliphatic hydroxyl groups excluding tert-OH is 1. The van der Waals surface area contributed by atoms with Crippen LogP contribution in [-0.2, 0) is 6.42 Å². The molecule has 1 N–H and O–H groups in total. The van der Waals surface area contributed by atoms with Crippen molar-refractivity contribution in [2.24, 2.45) is 4.99 Å². The number of benzene rings is 1. The second-order valence-electron chi connectivity index (χ2n) is 4.56. The Hall–Kier alpha value is -1.61. The van der Waals surface area contributed by atoms with Gasteiger partial charge in [-0.3, -0.25) is 4.99 Å². The molecule has 18 heavy (non-hydrogen) atoms. The van der Waals surface area contributed by atoms with Crippen molar-refractivity contribution in [3.05, 3.63) is 48.6 Å². The minimum Gasteiger partial charge on any atom is -0.395 e. The standard InChI is InChI=1S/C15H20N2O/c1-2-6-14-12-17(9-10-18)15(16-14)11-13-7-4-3-5-8-13/h2-5,7-8,14,18H,1,6,9-12H2. The Kier molecular flexibility index (Phi) is 4.53. The van der Waals surface area contributed by atoms with E-state index in [0.717, 1.165) is 25.2 Å². The van der Waals surface area contributed by atoms with E-state index < -0.39 is 0 Å². The predicted octanol–water partition coefficient (Wildman–Crippen LogP) is 1.88. The van der Waals surface area contributed by atoms with Crippen LogP contribution >= 0.6 is 0 Å². The molecule has 0 saturated carbocycles. The molecular formula is C15H20N2O. The van der Waals surface area contributed by atoms with E-state index in [1.165, 1.54) is 5.56 Å². The van der Waals surface area contributed by atoms with E-state index in [9.17, 15) is 0 Å². The van der Waals surface area contributed by atoms with Crippen LogP contribution in [-0.4, -0.2) is 41.6 Å². The molecule has 1 aliphatic heterocycles. The third-order valence-electron chi connectivity index (χ3n) is 3.14. The Morgan fingerprint density at radius 1 is 1.39 bits per heavy atom. The fourth-order valence-corrected chi connectivity index (χ4v) is 2.29. The first-order chi connectivity index (χ1) is 8.83. The number of nitrogens with zero attached hydrogens (tertiary/aromatic N) is 2. The Bertz CT molecular complexity index is 414. The van der Waals surface area contributed by atoms with Crippen LogP contribution in [0.5, 0.6) is 0 Å². The van der Waals surface area contributed by atoms with Crippen LogP contribution in [0.4, 0.5) is 0 Å². The number of hydrogen-bond donors (Lipinski definition) is 1.